The number of hydrogen-bond acceptors (Lipinski definition) is 6. The minimum absolute atomic E-state index is 0.0902. The van der Waals surface area contributed by atoms with Crippen molar-refractivity contribution in [3.05, 3.63) is 29.8 Å². The third-order valence-electron chi connectivity index (χ3n) is 3.47. The fourth-order valence-corrected chi connectivity index (χ4v) is 3.22. The van der Waals surface area contributed by atoms with Gasteiger partial charge in [0.2, 0.25) is 5.13 Å². The van der Waals surface area contributed by atoms with Gasteiger partial charge in [-0.2, -0.15) is 0 Å². The van der Waals surface area contributed by atoms with Crippen LogP contribution in [0, 0.1) is 0 Å². The van der Waals surface area contributed by atoms with Crippen LogP contribution in [0.3, 0.4) is 0 Å². The van der Waals surface area contributed by atoms with E-state index < -0.39 is 6.10 Å². The summed E-state index contributed by atoms with van der Waals surface area (Å²) in [5, 5.41) is 11.2. The Morgan fingerprint density at radius 1 is 1.29 bits per heavy atom. The Bertz CT molecular complexity index is 678. The quantitative estimate of drug-likeness (QED) is 0.609. The number of nitrogens with one attached hydrogen (secondary N) is 1. The molecule has 0 aliphatic rings. The summed E-state index contributed by atoms with van der Waals surface area (Å²) in [6, 6.07) is 7.89. The summed E-state index contributed by atoms with van der Waals surface area (Å²) in [7, 11) is 0. The fraction of sp³-hybridized carbons (Fsp3) is 0.471. The highest BCUT2D eigenvalue weighted by Gasteiger charge is 2.20. The Balaban J connectivity index is 2.01. The lowest BCUT2D eigenvalue weighted by atomic mass is 9.87. The van der Waals surface area contributed by atoms with E-state index in [1.54, 1.807) is 0 Å². The van der Waals surface area contributed by atoms with Crippen molar-refractivity contribution in [3.8, 4) is 5.75 Å². The van der Waals surface area contributed by atoms with Crippen molar-refractivity contribution in [3.63, 3.8) is 0 Å². The van der Waals surface area contributed by atoms with Gasteiger partial charge in [0.15, 0.2) is 10.4 Å². The number of ether oxygens (including phenoxy) is 1. The molecular formula is C17H23N3O2S2. The number of anilines is 1. The highest BCUT2D eigenvalue weighted by atomic mass is 32.2. The maximum atomic E-state index is 12.4. The zero-order valence-corrected chi connectivity index (χ0v) is 16.3. The number of amides is 1. The van der Waals surface area contributed by atoms with E-state index in [-0.39, 0.29) is 11.3 Å². The first kappa shape index (κ1) is 18.7. The van der Waals surface area contributed by atoms with Crippen molar-refractivity contribution >= 4 is 34.1 Å². The maximum absolute atomic E-state index is 12.4. The van der Waals surface area contributed by atoms with Crippen LogP contribution in [0.15, 0.2) is 28.6 Å². The zero-order chi connectivity index (χ0) is 17.7. The second-order valence-corrected chi connectivity index (χ2v) is 8.39. The van der Waals surface area contributed by atoms with Crippen molar-refractivity contribution in [2.45, 2.75) is 50.0 Å². The summed E-state index contributed by atoms with van der Waals surface area (Å²) in [5.74, 6) is 0.480. The van der Waals surface area contributed by atoms with E-state index in [0.717, 1.165) is 4.34 Å². The van der Waals surface area contributed by atoms with Crippen LogP contribution < -0.4 is 10.1 Å². The average molecular weight is 366 g/mol. The second kappa shape index (κ2) is 7.98. The molecule has 5 nitrogen and oxygen atoms in total. The predicted octanol–water partition coefficient (Wildman–Crippen LogP) is 4.35. The molecule has 1 heterocycles. The number of carbonyl (C=O) groups is 1. The predicted molar refractivity (Wildman–Crippen MR) is 100 cm³/mol. The van der Waals surface area contributed by atoms with Gasteiger partial charge in [-0.3, -0.25) is 10.1 Å². The molecule has 0 fully saturated rings. The molecule has 0 aliphatic heterocycles. The molecule has 2 aromatic rings. The summed E-state index contributed by atoms with van der Waals surface area (Å²) in [4.78, 5) is 12.4. The van der Waals surface area contributed by atoms with Gasteiger partial charge in [0.25, 0.3) is 5.91 Å². The number of nitrogens with zero attached hydrogens (tertiary/aromatic N) is 2. The van der Waals surface area contributed by atoms with Gasteiger partial charge in [-0.1, -0.05) is 62.9 Å². The van der Waals surface area contributed by atoms with Gasteiger partial charge in [0.05, 0.1) is 0 Å². The van der Waals surface area contributed by atoms with Gasteiger partial charge in [0, 0.05) is 0 Å². The van der Waals surface area contributed by atoms with E-state index in [1.165, 1.54) is 28.7 Å². The van der Waals surface area contributed by atoms with Crippen LogP contribution >= 0.6 is 23.1 Å². The summed E-state index contributed by atoms with van der Waals surface area (Å²) in [6.45, 7) is 8.41. The van der Waals surface area contributed by atoms with E-state index in [0.29, 0.717) is 17.3 Å². The first-order chi connectivity index (χ1) is 11.3. The molecule has 1 N–H and O–H groups in total. The van der Waals surface area contributed by atoms with E-state index in [9.17, 15) is 4.79 Å². The molecule has 2 rings (SSSR count). The molecule has 0 unspecified atom stereocenters. The Labute approximate surface area is 151 Å². The summed E-state index contributed by atoms with van der Waals surface area (Å²) < 4.78 is 6.65. The number of benzene rings is 1. The summed E-state index contributed by atoms with van der Waals surface area (Å²) in [6.07, 6.45) is 1.93. The molecule has 0 radical (unpaired) electrons. The SMILES string of the molecule is CC[C@H](Oc1ccc(C(C)(C)C)cc1)C(=O)Nc1nnc(SC)s1. The largest absolute Gasteiger partial charge is 0.481 e. The maximum Gasteiger partial charge on any atom is 0.267 e. The molecule has 1 aromatic heterocycles. The number of hydrogen-bond donors (Lipinski definition) is 1. The van der Waals surface area contributed by atoms with Crippen molar-refractivity contribution in [1.29, 1.82) is 0 Å². The van der Waals surface area contributed by atoms with Crippen molar-refractivity contribution in [2.75, 3.05) is 11.6 Å². The van der Waals surface area contributed by atoms with Gasteiger partial charge in [-0.05, 0) is 35.8 Å². The minimum atomic E-state index is -0.563. The lowest BCUT2D eigenvalue weighted by Gasteiger charge is -2.20. The number of aromatic nitrogens is 2. The van der Waals surface area contributed by atoms with Gasteiger partial charge < -0.3 is 4.74 Å². The monoisotopic (exact) mass is 365 g/mol. The van der Waals surface area contributed by atoms with Gasteiger partial charge in [0.1, 0.15) is 5.75 Å². The Morgan fingerprint density at radius 3 is 2.46 bits per heavy atom. The molecule has 1 atom stereocenters. The molecule has 0 bridgehead atoms. The zero-order valence-electron chi connectivity index (χ0n) is 14.6. The van der Waals surface area contributed by atoms with Gasteiger partial charge in [-0.25, -0.2) is 0 Å². The van der Waals surface area contributed by atoms with Gasteiger partial charge in [-0.15, -0.1) is 10.2 Å². The number of carbonyl (C=O) groups excluding carboxylic acids is 1. The van der Waals surface area contributed by atoms with Crippen LogP contribution in [0.5, 0.6) is 5.75 Å². The Morgan fingerprint density at radius 2 is 1.96 bits per heavy atom. The smallest absolute Gasteiger partial charge is 0.267 e. The Hall–Kier alpha value is -1.60. The third kappa shape index (κ3) is 4.95. The second-order valence-electron chi connectivity index (χ2n) is 6.36. The topological polar surface area (TPSA) is 64.1 Å². The van der Waals surface area contributed by atoms with E-state index in [4.69, 9.17) is 4.74 Å². The Kier molecular flexibility index (Phi) is 6.23. The van der Waals surface area contributed by atoms with E-state index in [2.05, 4.69) is 36.3 Å². The summed E-state index contributed by atoms with van der Waals surface area (Å²) in [5.41, 5.74) is 1.32. The molecule has 0 spiro atoms. The van der Waals surface area contributed by atoms with Crippen LogP contribution in [-0.2, 0) is 10.2 Å². The van der Waals surface area contributed by atoms with Crippen LogP contribution in [0.1, 0.15) is 39.7 Å². The number of rotatable bonds is 6. The lowest BCUT2D eigenvalue weighted by molar-refractivity contribution is -0.122. The van der Waals surface area contributed by atoms with Crippen LogP contribution in [0.4, 0.5) is 5.13 Å². The highest BCUT2D eigenvalue weighted by molar-refractivity contribution is 8.00. The standard InChI is InChI=1S/C17H23N3O2S2/c1-6-13(14(21)18-15-19-20-16(23-5)24-15)22-12-9-7-11(8-10-12)17(2,3)4/h7-10,13H,6H2,1-5H3,(H,18,19,21)/t13-/m0/s1. The lowest BCUT2D eigenvalue weighted by Crippen LogP contribution is -2.32. The van der Waals surface area contributed by atoms with Crippen molar-refractivity contribution in [2.24, 2.45) is 0 Å². The van der Waals surface area contributed by atoms with Crippen molar-refractivity contribution in [1.82, 2.24) is 10.2 Å². The molecule has 130 valence electrons. The minimum Gasteiger partial charge on any atom is -0.481 e. The van der Waals surface area contributed by atoms with Crippen LogP contribution in [0.25, 0.3) is 0 Å². The fourth-order valence-electron chi connectivity index (χ4n) is 2.05. The molecule has 0 saturated carbocycles. The van der Waals surface area contributed by atoms with Crippen LogP contribution in [0.2, 0.25) is 0 Å². The first-order valence-electron chi connectivity index (χ1n) is 7.79. The molecule has 24 heavy (non-hydrogen) atoms. The molecule has 0 saturated heterocycles. The molecular weight excluding hydrogens is 342 g/mol. The molecule has 1 aromatic carbocycles. The normalized spacial score (nSPS) is 12.7. The van der Waals surface area contributed by atoms with E-state index >= 15 is 0 Å². The third-order valence-corrected chi connectivity index (χ3v) is 5.29. The summed E-state index contributed by atoms with van der Waals surface area (Å²) >= 11 is 2.85. The molecule has 1 amide bonds. The van der Waals surface area contributed by atoms with E-state index in [1.807, 2.05) is 37.4 Å². The average Bonchev–Trinajstić information content (AvgIpc) is 2.99. The number of thioether (sulfide) groups is 1. The van der Waals surface area contributed by atoms with Gasteiger partial charge >= 0.3 is 0 Å². The van der Waals surface area contributed by atoms with Crippen molar-refractivity contribution < 1.29 is 9.53 Å². The highest BCUT2D eigenvalue weighted by Crippen LogP contribution is 2.26. The molecule has 7 heteroatoms. The first-order valence-corrected chi connectivity index (χ1v) is 9.83. The molecule has 0 aliphatic carbocycles. The van der Waals surface area contributed by atoms with Crippen LogP contribution in [-0.4, -0.2) is 28.5 Å².